The van der Waals surface area contributed by atoms with Crippen LogP contribution in [0.2, 0.25) is 0 Å². The van der Waals surface area contributed by atoms with Crippen molar-refractivity contribution in [3.8, 4) is 17.0 Å². The molecule has 9 nitrogen and oxygen atoms in total. The van der Waals surface area contributed by atoms with E-state index in [1.54, 1.807) is 30.7 Å². The number of carbonyl (C=O) groups excluding carboxylic acids is 3. The molecule has 2 aromatic heterocycles. The van der Waals surface area contributed by atoms with Gasteiger partial charge in [0, 0.05) is 44.5 Å². The fraction of sp³-hybridized carbons (Fsp3) is 0.409. The zero-order valence-corrected chi connectivity index (χ0v) is 19.0. The predicted octanol–water partition coefficient (Wildman–Crippen LogP) is 2.70. The number of nitrogens with zero attached hydrogens (tertiary/aromatic N) is 2. The Labute approximate surface area is 189 Å². The van der Waals surface area contributed by atoms with Crippen LogP contribution in [0.4, 0.5) is 0 Å². The van der Waals surface area contributed by atoms with E-state index in [1.807, 2.05) is 13.0 Å². The fourth-order valence-corrected chi connectivity index (χ4v) is 4.48. The van der Waals surface area contributed by atoms with E-state index in [-0.39, 0.29) is 0 Å². The standard InChI is InChI=1S/C22H24N2O7S/c1-12-7-16(9-23-8-12)18-6-5-17(10-24-18)31-22-21(30-15(4)27)20(29-14(3)26)19(11-32-22)28-13(2)25/h5-10,19-22H,11H2,1-4H3/t19-,20+,21-,22+/m1/s1. The van der Waals surface area contributed by atoms with Crippen molar-refractivity contribution in [2.45, 2.75) is 51.4 Å². The molecule has 1 saturated heterocycles. The van der Waals surface area contributed by atoms with Gasteiger partial charge in [-0.3, -0.25) is 24.4 Å². The lowest BCUT2D eigenvalue weighted by Gasteiger charge is -2.39. The first-order valence-electron chi connectivity index (χ1n) is 9.91. The van der Waals surface area contributed by atoms with Gasteiger partial charge in [0.25, 0.3) is 0 Å². The number of hydrogen-bond acceptors (Lipinski definition) is 10. The Morgan fingerprint density at radius 2 is 1.62 bits per heavy atom. The van der Waals surface area contributed by atoms with Crippen LogP contribution in [0.15, 0.2) is 36.8 Å². The van der Waals surface area contributed by atoms with Gasteiger partial charge in [-0.2, -0.15) is 0 Å². The van der Waals surface area contributed by atoms with Crippen molar-refractivity contribution < 1.29 is 33.3 Å². The SMILES string of the molecule is CC(=O)O[C@@H]1[C@@H](OC(C)=O)[C@@H](Oc2ccc(-c3cncc(C)c3)nc2)SC[C@H]1OC(C)=O. The number of carbonyl (C=O) groups is 3. The maximum Gasteiger partial charge on any atom is 0.303 e. The van der Waals surface area contributed by atoms with Crippen LogP contribution in [0.1, 0.15) is 26.3 Å². The third-order valence-electron chi connectivity index (χ3n) is 4.46. The molecular formula is C22H24N2O7S. The molecule has 4 atom stereocenters. The molecule has 2 aromatic rings. The minimum Gasteiger partial charge on any atom is -0.474 e. The van der Waals surface area contributed by atoms with Gasteiger partial charge in [0.05, 0.1) is 11.9 Å². The summed E-state index contributed by atoms with van der Waals surface area (Å²) in [5.41, 5.74) is 1.92. The second kappa shape index (κ2) is 10.4. The summed E-state index contributed by atoms with van der Waals surface area (Å²) in [6.45, 7) is 5.69. The van der Waals surface area contributed by atoms with Gasteiger partial charge in [0.2, 0.25) is 0 Å². The molecule has 1 aliphatic rings. The smallest absolute Gasteiger partial charge is 0.303 e. The van der Waals surface area contributed by atoms with E-state index in [2.05, 4.69) is 9.97 Å². The molecule has 0 aliphatic carbocycles. The van der Waals surface area contributed by atoms with Crippen LogP contribution in [-0.2, 0) is 28.6 Å². The fourth-order valence-electron chi connectivity index (χ4n) is 3.26. The molecule has 0 bridgehead atoms. The molecule has 0 amide bonds. The summed E-state index contributed by atoms with van der Waals surface area (Å²) >= 11 is 1.29. The molecule has 3 heterocycles. The van der Waals surface area contributed by atoms with Crippen molar-refractivity contribution in [3.05, 3.63) is 42.4 Å². The second-order valence-corrected chi connectivity index (χ2v) is 8.38. The molecule has 10 heteroatoms. The molecule has 0 aromatic carbocycles. The first kappa shape index (κ1) is 23.5. The zero-order chi connectivity index (χ0) is 23.3. The Morgan fingerprint density at radius 3 is 2.22 bits per heavy atom. The molecule has 0 radical (unpaired) electrons. The highest BCUT2D eigenvalue weighted by Crippen LogP contribution is 2.34. The Bertz CT molecular complexity index is 982. The lowest BCUT2D eigenvalue weighted by Crippen LogP contribution is -2.55. The van der Waals surface area contributed by atoms with E-state index < -0.39 is 41.7 Å². The number of esters is 3. The summed E-state index contributed by atoms with van der Waals surface area (Å²) in [5, 5.41) is 0. The number of hydrogen-bond donors (Lipinski definition) is 0. The minimum absolute atomic E-state index is 0.292. The molecule has 32 heavy (non-hydrogen) atoms. The number of rotatable bonds is 6. The highest BCUT2D eigenvalue weighted by Gasteiger charge is 2.47. The lowest BCUT2D eigenvalue weighted by molar-refractivity contribution is -0.186. The van der Waals surface area contributed by atoms with Crippen LogP contribution in [-0.4, -0.2) is 57.4 Å². The van der Waals surface area contributed by atoms with E-state index in [0.29, 0.717) is 11.5 Å². The number of pyridine rings is 2. The highest BCUT2D eigenvalue weighted by molar-refractivity contribution is 7.99. The van der Waals surface area contributed by atoms with Crippen LogP contribution >= 0.6 is 11.8 Å². The minimum atomic E-state index is -1.00. The second-order valence-electron chi connectivity index (χ2n) is 7.25. The molecule has 1 fully saturated rings. The van der Waals surface area contributed by atoms with E-state index in [9.17, 15) is 14.4 Å². The summed E-state index contributed by atoms with van der Waals surface area (Å²) in [6, 6.07) is 5.52. The van der Waals surface area contributed by atoms with Gasteiger partial charge in [-0.1, -0.05) is 0 Å². The van der Waals surface area contributed by atoms with Gasteiger partial charge in [-0.25, -0.2) is 0 Å². The maximum atomic E-state index is 11.7. The lowest BCUT2D eigenvalue weighted by atomic mass is 10.1. The average Bonchev–Trinajstić information content (AvgIpc) is 2.72. The van der Waals surface area contributed by atoms with Crippen LogP contribution < -0.4 is 4.74 Å². The molecule has 0 saturated carbocycles. The number of aryl methyl sites for hydroxylation is 1. The summed E-state index contributed by atoms with van der Waals surface area (Å²) in [6.07, 6.45) is 2.28. The van der Waals surface area contributed by atoms with E-state index >= 15 is 0 Å². The third kappa shape index (κ3) is 6.19. The Kier molecular flexibility index (Phi) is 7.68. The normalized spacial score (nSPS) is 22.5. The summed E-state index contributed by atoms with van der Waals surface area (Å²) < 4.78 is 22.1. The molecule has 1 aliphatic heterocycles. The molecule has 0 N–H and O–H groups in total. The van der Waals surface area contributed by atoms with E-state index in [1.165, 1.54) is 32.5 Å². The van der Waals surface area contributed by atoms with Crippen LogP contribution in [0.25, 0.3) is 11.3 Å². The van der Waals surface area contributed by atoms with Crippen molar-refractivity contribution in [2.24, 2.45) is 0 Å². The number of thioether (sulfide) groups is 1. The van der Waals surface area contributed by atoms with Gasteiger partial charge in [0.15, 0.2) is 23.7 Å². The Morgan fingerprint density at radius 1 is 0.938 bits per heavy atom. The first-order valence-corrected chi connectivity index (χ1v) is 11.0. The zero-order valence-electron chi connectivity index (χ0n) is 18.1. The summed E-state index contributed by atoms with van der Waals surface area (Å²) in [5.74, 6) is -0.964. The first-order chi connectivity index (χ1) is 15.2. The molecular weight excluding hydrogens is 436 g/mol. The van der Waals surface area contributed by atoms with Crippen molar-refractivity contribution >= 4 is 29.7 Å². The largest absolute Gasteiger partial charge is 0.474 e. The summed E-state index contributed by atoms with van der Waals surface area (Å²) in [4.78, 5) is 43.5. The molecule has 3 rings (SSSR count). The van der Waals surface area contributed by atoms with Crippen LogP contribution in [0, 0.1) is 6.92 Å². The van der Waals surface area contributed by atoms with Crippen molar-refractivity contribution in [3.63, 3.8) is 0 Å². The van der Waals surface area contributed by atoms with Crippen molar-refractivity contribution in [1.29, 1.82) is 0 Å². The van der Waals surface area contributed by atoms with E-state index in [0.717, 1.165) is 16.8 Å². The van der Waals surface area contributed by atoms with Crippen LogP contribution in [0.5, 0.6) is 5.75 Å². The average molecular weight is 461 g/mol. The van der Waals surface area contributed by atoms with Gasteiger partial charge in [-0.05, 0) is 30.7 Å². The maximum absolute atomic E-state index is 11.7. The van der Waals surface area contributed by atoms with Crippen molar-refractivity contribution in [1.82, 2.24) is 9.97 Å². The predicted molar refractivity (Wildman–Crippen MR) is 116 cm³/mol. The van der Waals surface area contributed by atoms with Gasteiger partial charge in [-0.15, -0.1) is 11.8 Å². The Hall–Kier alpha value is -3.14. The molecule has 0 unspecified atom stereocenters. The third-order valence-corrected chi connectivity index (χ3v) is 5.68. The number of aromatic nitrogens is 2. The Balaban J connectivity index is 1.81. The quantitative estimate of drug-likeness (QED) is 0.471. The highest BCUT2D eigenvalue weighted by atomic mass is 32.2. The van der Waals surface area contributed by atoms with Gasteiger partial charge < -0.3 is 18.9 Å². The van der Waals surface area contributed by atoms with Gasteiger partial charge >= 0.3 is 17.9 Å². The topological polar surface area (TPSA) is 114 Å². The monoisotopic (exact) mass is 460 g/mol. The number of ether oxygens (including phenoxy) is 4. The van der Waals surface area contributed by atoms with Gasteiger partial charge in [0.1, 0.15) is 5.75 Å². The molecule has 0 spiro atoms. The molecule has 170 valence electrons. The van der Waals surface area contributed by atoms with Crippen molar-refractivity contribution in [2.75, 3.05) is 5.75 Å². The van der Waals surface area contributed by atoms with Crippen LogP contribution in [0.3, 0.4) is 0 Å². The summed E-state index contributed by atoms with van der Waals surface area (Å²) in [7, 11) is 0. The van der Waals surface area contributed by atoms with E-state index in [4.69, 9.17) is 18.9 Å².